The summed E-state index contributed by atoms with van der Waals surface area (Å²) in [7, 11) is 0. The van der Waals surface area contributed by atoms with Gasteiger partial charge in [0.25, 0.3) is 5.91 Å². The molecule has 20 heavy (non-hydrogen) atoms. The minimum atomic E-state index is -2.85. The maximum atomic E-state index is 12.0. The number of nitrogens with one attached hydrogen (secondary N) is 1. The summed E-state index contributed by atoms with van der Waals surface area (Å²) in [6.07, 6.45) is 0. The highest BCUT2D eigenvalue weighted by atomic mass is 19.3. The van der Waals surface area contributed by atoms with Crippen LogP contribution in [0.25, 0.3) is 0 Å². The van der Waals surface area contributed by atoms with Crippen molar-refractivity contribution in [2.24, 2.45) is 0 Å². The van der Waals surface area contributed by atoms with Gasteiger partial charge in [0.15, 0.2) is 5.69 Å². The van der Waals surface area contributed by atoms with Crippen LogP contribution in [0.15, 0.2) is 34.9 Å². The number of aromatic nitrogens is 1. The summed E-state index contributed by atoms with van der Waals surface area (Å²) in [5, 5.41) is 6.22. The van der Waals surface area contributed by atoms with E-state index in [4.69, 9.17) is 4.52 Å². The Balaban J connectivity index is 1.89. The smallest absolute Gasteiger partial charge is 0.387 e. The molecule has 1 aromatic carbocycles. The normalized spacial score (nSPS) is 10.6. The third-order valence-corrected chi connectivity index (χ3v) is 2.46. The van der Waals surface area contributed by atoms with Gasteiger partial charge in [0.05, 0.1) is 0 Å². The first kappa shape index (κ1) is 14.0. The highest BCUT2D eigenvalue weighted by Gasteiger charge is 2.10. The number of hydrogen-bond acceptors (Lipinski definition) is 4. The molecular weight excluding hydrogens is 270 g/mol. The zero-order valence-electron chi connectivity index (χ0n) is 10.6. The lowest BCUT2D eigenvalue weighted by Crippen LogP contribution is -2.23. The highest BCUT2D eigenvalue weighted by molar-refractivity contribution is 5.92. The topological polar surface area (TPSA) is 64.4 Å². The molecule has 2 aromatic rings. The van der Waals surface area contributed by atoms with Gasteiger partial charge in [-0.05, 0) is 24.6 Å². The SMILES string of the molecule is Cc1cc(C(=O)NCc2ccc(OC(F)F)cc2)no1. The van der Waals surface area contributed by atoms with Gasteiger partial charge in [0.2, 0.25) is 0 Å². The average molecular weight is 282 g/mol. The van der Waals surface area contributed by atoms with E-state index in [9.17, 15) is 13.6 Å². The Morgan fingerprint density at radius 2 is 2.10 bits per heavy atom. The maximum Gasteiger partial charge on any atom is 0.387 e. The van der Waals surface area contributed by atoms with Gasteiger partial charge in [-0.3, -0.25) is 4.79 Å². The number of ether oxygens (including phenoxy) is 1. The van der Waals surface area contributed by atoms with Crippen molar-refractivity contribution in [2.75, 3.05) is 0 Å². The Morgan fingerprint density at radius 1 is 1.40 bits per heavy atom. The van der Waals surface area contributed by atoms with Gasteiger partial charge in [-0.2, -0.15) is 8.78 Å². The van der Waals surface area contributed by atoms with Crippen molar-refractivity contribution >= 4 is 5.91 Å². The molecule has 0 atom stereocenters. The fourth-order valence-electron chi connectivity index (χ4n) is 1.54. The molecule has 2 rings (SSSR count). The fourth-order valence-corrected chi connectivity index (χ4v) is 1.54. The zero-order chi connectivity index (χ0) is 14.5. The predicted molar refractivity (Wildman–Crippen MR) is 65.5 cm³/mol. The lowest BCUT2D eigenvalue weighted by atomic mass is 10.2. The number of amides is 1. The fraction of sp³-hybridized carbons (Fsp3) is 0.231. The largest absolute Gasteiger partial charge is 0.435 e. The molecule has 0 fully saturated rings. The number of nitrogens with zero attached hydrogens (tertiary/aromatic N) is 1. The molecule has 0 radical (unpaired) electrons. The second-order valence-corrected chi connectivity index (χ2v) is 4.03. The van der Waals surface area contributed by atoms with E-state index >= 15 is 0 Å². The number of alkyl halides is 2. The quantitative estimate of drug-likeness (QED) is 0.915. The summed E-state index contributed by atoms with van der Waals surface area (Å²) in [5.41, 5.74) is 0.945. The monoisotopic (exact) mass is 282 g/mol. The number of benzene rings is 1. The standard InChI is InChI=1S/C13H12F2N2O3/c1-8-6-11(17-20-8)12(18)16-7-9-2-4-10(5-3-9)19-13(14)15/h2-6,13H,7H2,1H3,(H,16,18). The number of rotatable bonds is 5. The molecule has 1 aromatic heterocycles. The van der Waals surface area contributed by atoms with Crippen molar-refractivity contribution in [3.63, 3.8) is 0 Å². The number of hydrogen-bond donors (Lipinski definition) is 1. The minimum absolute atomic E-state index is 0.0715. The summed E-state index contributed by atoms with van der Waals surface area (Å²) in [6.45, 7) is -0.915. The van der Waals surface area contributed by atoms with Crippen LogP contribution >= 0.6 is 0 Å². The number of aryl methyl sites for hydroxylation is 1. The molecule has 0 unspecified atom stereocenters. The number of carbonyl (C=O) groups excluding carboxylic acids is 1. The van der Waals surface area contributed by atoms with Crippen LogP contribution in [0, 0.1) is 6.92 Å². The highest BCUT2D eigenvalue weighted by Crippen LogP contribution is 2.14. The summed E-state index contributed by atoms with van der Waals surface area (Å²) >= 11 is 0. The summed E-state index contributed by atoms with van der Waals surface area (Å²) in [4.78, 5) is 11.7. The lowest BCUT2D eigenvalue weighted by Gasteiger charge is -2.06. The third kappa shape index (κ3) is 3.78. The molecule has 0 aliphatic heterocycles. The van der Waals surface area contributed by atoms with Crippen molar-refractivity contribution in [1.29, 1.82) is 0 Å². The summed E-state index contributed by atoms with van der Waals surface area (Å²) in [5.74, 6) is 0.251. The van der Waals surface area contributed by atoms with Gasteiger partial charge in [-0.25, -0.2) is 0 Å². The average Bonchev–Trinajstić information content (AvgIpc) is 2.84. The van der Waals surface area contributed by atoms with E-state index in [0.717, 1.165) is 5.56 Å². The van der Waals surface area contributed by atoms with E-state index in [2.05, 4.69) is 15.2 Å². The van der Waals surface area contributed by atoms with Crippen molar-refractivity contribution in [3.8, 4) is 5.75 Å². The molecule has 0 saturated carbocycles. The van der Waals surface area contributed by atoms with Crippen LogP contribution in [0.5, 0.6) is 5.75 Å². The first-order valence-corrected chi connectivity index (χ1v) is 5.80. The summed E-state index contributed by atoms with van der Waals surface area (Å²) < 4.78 is 33.0. The molecule has 0 spiro atoms. The van der Waals surface area contributed by atoms with Crippen molar-refractivity contribution in [3.05, 3.63) is 47.3 Å². The molecule has 0 bridgehead atoms. The second kappa shape index (κ2) is 6.14. The molecule has 5 nitrogen and oxygen atoms in total. The molecule has 1 heterocycles. The molecule has 0 aliphatic carbocycles. The zero-order valence-corrected chi connectivity index (χ0v) is 10.6. The van der Waals surface area contributed by atoms with Gasteiger partial charge in [0, 0.05) is 12.6 Å². The Labute approximate surface area is 113 Å². The number of carbonyl (C=O) groups is 1. The third-order valence-electron chi connectivity index (χ3n) is 2.46. The second-order valence-electron chi connectivity index (χ2n) is 4.03. The Hall–Kier alpha value is -2.44. The van der Waals surface area contributed by atoms with Gasteiger partial charge < -0.3 is 14.6 Å². The van der Waals surface area contributed by atoms with E-state index in [1.54, 1.807) is 19.1 Å². The van der Waals surface area contributed by atoms with Crippen LogP contribution in [0.1, 0.15) is 21.8 Å². The van der Waals surface area contributed by atoms with Crippen LogP contribution < -0.4 is 10.1 Å². The first-order chi connectivity index (χ1) is 9.54. The van der Waals surface area contributed by atoms with E-state index < -0.39 is 6.61 Å². The molecule has 1 N–H and O–H groups in total. The van der Waals surface area contributed by atoms with E-state index in [1.165, 1.54) is 18.2 Å². The van der Waals surface area contributed by atoms with Crippen LogP contribution in [-0.4, -0.2) is 17.7 Å². The van der Waals surface area contributed by atoms with Gasteiger partial charge in [-0.1, -0.05) is 17.3 Å². The van der Waals surface area contributed by atoms with Crippen LogP contribution in [0.3, 0.4) is 0 Å². The van der Waals surface area contributed by atoms with Gasteiger partial charge >= 0.3 is 6.61 Å². The van der Waals surface area contributed by atoms with E-state index in [1.807, 2.05) is 0 Å². The maximum absolute atomic E-state index is 12.0. The molecule has 106 valence electrons. The molecular formula is C13H12F2N2O3. The van der Waals surface area contributed by atoms with Gasteiger partial charge in [0.1, 0.15) is 11.5 Å². The minimum Gasteiger partial charge on any atom is -0.435 e. The van der Waals surface area contributed by atoms with Crippen molar-refractivity contribution in [1.82, 2.24) is 10.5 Å². The molecule has 0 aliphatic rings. The molecule has 1 amide bonds. The van der Waals surface area contributed by atoms with E-state index in [-0.39, 0.29) is 23.9 Å². The Morgan fingerprint density at radius 3 is 2.65 bits per heavy atom. The molecule has 7 heteroatoms. The van der Waals surface area contributed by atoms with Crippen LogP contribution in [-0.2, 0) is 6.54 Å². The molecule has 0 saturated heterocycles. The van der Waals surface area contributed by atoms with Crippen molar-refractivity contribution in [2.45, 2.75) is 20.1 Å². The Kier molecular flexibility index (Phi) is 4.29. The van der Waals surface area contributed by atoms with E-state index in [0.29, 0.717) is 5.76 Å². The predicted octanol–water partition coefficient (Wildman–Crippen LogP) is 2.51. The lowest BCUT2D eigenvalue weighted by molar-refractivity contribution is -0.0498. The summed E-state index contributed by atoms with van der Waals surface area (Å²) in [6, 6.07) is 7.52. The van der Waals surface area contributed by atoms with Crippen molar-refractivity contribution < 1.29 is 22.8 Å². The number of halogens is 2. The van der Waals surface area contributed by atoms with Gasteiger partial charge in [-0.15, -0.1) is 0 Å². The van der Waals surface area contributed by atoms with Crippen LogP contribution in [0.2, 0.25) is 0 Å². The van der Waals surface area contributed by atoms with Crippen LogP contribution in [0.4, 0.5) is 8.78 Å². The first-order valence-electron chi connectivity index (χ1n) is 5.80. The Bertz CT molecular complexity index is 582.